The second-order valence-corrected chi connectivity index (χ2v) is 10.1. The van der Waals surface area contributed by atoms with Gasteiger partial charge in [-0.3, -0.25) is 9.89 Å². The average Bonchev–Trinajstić information content (AvgIpc) is 3.40. The summed E-state index contributed by atoms with van der Waals surface area (Å²) in [7, 11) is 3.88. The summed E-state index contributed by atoms with van der Waals surface area (Å²) >= 11 is 0. The largest absolute Gasteiger partial charge is 0.473 e. The average molecular weight is 514 g/mol. The molecule has 1 fully saturated rings. The van der Waals surface area contributed by atoms with Crippen LogP contribution in [-0.4, -0.2) is 82.9 Å². The molecule has 0 spiro atoms. The smallest absolute Gasteiger partial charge is 0.221 e. The number of aromatic nitrogens is 2. The van der Waals surface area contributed by atoms with Crippen LogP contribution in [0.3, 0.4) is 0 Å². The summed E-state index contributed by atoms with van der Waals surface area (Å²) in [6, 6.07) is 0.175. The van der Waals surface area contributed by atoms with Crippen molar-refractivity contribution in [3.63, 3.8) is 0 Å². The summed E-state index contributed by atoms with van der Waals surface area (Å²) in [5, 5.41) is 12.6. The zero-order valence-electron chi connectivity index (χ0n) is 24.6. The predicted octanol–water partition coefficient (Wildman–Crippen LogP) is 4.74. The lowest BCUT2D eigenvalue weighted by Crippen LogP contribution is -2.36. The zero-order chi connectivity index (χ0) is 28.1. The van der Waals surface area contributed by atoms with E-state index in [-0.39, 0.29) is 12.1 Å². The Kier molecular flexibility index (Phi) is 14.1. The summed E-state index contributed by atoms with van der Waals surface area (Å²) in [6.07, 6.45) is 6.98. The topological polar surface area (TPSA) is 95.8 Å². The Bertz CT molecular complexity index is 950. The highest BCUT2D eigenvalue weighted by molar-refractivity contribution is 6.08. The lowest BCUT2D eigenvalue weighted by atomic mass is 10.1. The van der Waals surface area contributed by atoms with Crippen LogP contribution in [0.25, 0.3) is 0 Å². The maximum Gasteiger partial charge on any atom is 0.221 e. The van der Waals surface area contributed by atoms with Crippen LogP contribution in [0.1, 0.15) is 65.1 Å². The number of ether oxygens (including phenoxy) is 1. The van der Waals surface area contributed by atoms with Crippen molar-refractivity contribution in [2.24, 2.45) is 17.8 Å². The van der Waals surface area contributed by atoms with Crippen LogP contribution in [0.15, 0.2) is 41.6 Å². The molecule has 8 heteroatoms. The van der Waals surface area contributed by atoms with Crippen molar-refractivity contribution in [2.75, 3.05) is 39.8 Å². The molecule has 0 bridgehead atoms. The van der Waals surface area contributed by atoms with E-state index < -0.39 is 0 Å². The van der Waals surface area contributed by atoms with Crippen LogP contribution in [0.4, 0.5) is 0 Å². The second-order valence-electron chi connectivity index (χ2n) is 10.1. The van der Waals surface area contributed by atoms with Crippen LogP contribution >= 0.6 is 0 Å². The van der Waals surface area contributed by atoms with Crippen molar-refractivity contribution in [1.82, 2.24) is 19.6 Å². The Morgan fingerprint density at radius 2 is 1.84 bits per heavy atom. The predicted molar refractivity (Wildman–Crippen MR) is 158 cm³/mol. The van der Waals surface area contributed by atoms with Crippen molar-refractivity contribution in [3.05, 3.63) is 47.8 Å². The molecule has 2 rings (SSSR count). The quantitative estimate of drug-likeness (QED) is 0.293. The molecule has 0 aliphatic carbocycles. The fourth-order valence-corrected chi connectivity index (χ4v) is 4.52. The molecular formula is C29H51N7O. The number of allylic oxidation sites excluding steroid dienone is 3. The van der Waals surface area contributed by atoms with Crippen LogP contribution in [-0.2, 0) is 7.05 Å². The van der Waals surface area contributed by atoms with Crippen LogP contribution in [0.2, 0.25) is 0 Å². The van der Waals surface area contributed by atoms with Gasteiger partial charge >= 0.3 is 0 Å². The molecule has 0 aromatic carbocycles. The number of likely N-dealkylation sites (tertiary alicyclic amines) is 1. The Balaban J connectivity index is 0.00000217. The molecule has 2 unspecified atom stereocenters. The molecule has 1 aromatic rings. The first-order chi connectivity index (χ1) is 17.5. The highest BCUT2D eigenvalue weighted by Gasteiger charge is 2.21. The first-order valence-electron chi connectivity index (χ1n) is 13.5. The molecule has 2 atom stereocenters. The first kappa shape index (κ1) is 32.3. The van der Waals surface area contributed by atoms with E-state index in [9.17, 15) is 0 Å². The molecule has 8 nitrogen and oxygen atoms in total. The fraction of sp³-hybridized carbons (Fsp3) is 0.621. The lowest BCUT2D eigenvalue weighted by Gasteiger charge is -2.25. The molecule has 1 aromatic heterocycles. The van der Waals surface area contributed by atoms with E-state index in [1.807, 2.05) is 34.9 Å². The minimum atomic E-state index is -0.130. The van der Waals surface area contributed by atoms with Gasteiger partial charge in [0.2, 0.25) is 5.88 Å². The minimum absolute atomic E-state index is 0.130. The lowest BCUT2D eigenvalue weighted by molar-refractivity contribution is 0.159. The summed E-state index contributed by atoms with van der Waals surface area (Å²) in [4.78, 5) is 9.72. The van der Waals surface area contributed by atoms with Gasteiger partial charge in [0.15, 0.2) is 0 Å². The summed E-state index contributed by atoms with van der Waals surface area (Å²) in [6.45, 7) is 24.5. The first-order valence-corrected chi connectivity index (χ1v) is 13.5. The van der Waals surface area contributed by atoms with Crippen LogP contribution in [0.5, 0.6) is 5.88 Å². The van der Waals surface area contributed by atoms with Crippen molar-refractivity contribution < 1.29 is 4.74 Å². The van der Waals surface area contributed by atoms with Gasteiger partial charge in [-0.15, -0.1) is 0 Å². The molecule has 3 N–H and O–H groups in total. The molecule has 0 saturated carbocycles. The Morgan fingerprint density at radius 3 is 2.35 bits per heavy atom. The highest BCUT2D eigenvalue weighted by atomic mass is 16.5. The van der Waals surface area contributed by atoms with E-state index in [0.717, 1.165) is 42.3 Å². The van der Waals surface area contributed by atoms with Crippen molar-refractivity contribution in [2.45, 2.75) is 73.0 Å². The van der Waals surface area contributed by atoms with Gasteiger partial charge in [0.05, 0.1) is 28.7 Å². The van der Waals surface area contributed by atoms with Crippen molar-refractivity contribution >= 4 is 11.4 Å². The number of nitrogens with zero attached hydrogens (tertiary/aromatic N) is 5. The fourth-order valence-electron chi connectivity index (χ4n) is 4.52. The normalized spacial score (nSPS) is 16.5. The molecule has 1 aliphatic heterocycles. The third-order valence-corrected chi connectivity index (χ3v) is 5.98. The summed E-state index contributed by atoms with van der Waals surface area (Å²) in [5.41, 5.74) is 10.5. The van der Waals surface area contributed by atoms with Gasteiger partial charge in [-0.1, -0.05) is 39.5 Å². The summed E-state index contributed by atoms with van der Waals surface area (Å²) < 4.78 is 7.93. The number of aliphatic imine (C=N–C) groups is 1. The number of rotatable bonds is 13. The van der Waals surface area contributed by atoms with Crippen LogP contribution in [0, 0.1) is 12.3 Å². The van der Waals surface area contributed by atoms with E-state index in [4.69, 9.17) is 20.9 Å². The van der Waals surface area contributed by atoms with Gasteiger partial charge < -0.3 is 20.8 Å². The number of hydrogen-bond donors (Lipinski definition) is 2. The molecule has 1 saturated heterocycles. The maximum absolute atomic E-state index is 8.20. The third-order valence-electron chi connectivity index (χ3n) is 5.98. The highest BCUT2D eigenvalue weighted by Crippen LogP contribution is 2.23. The number of nitrogens with two attached hydrogens (primary N) is 1. The molecular weight excluding hydrogens is 462 g/mol. The standard InChI is InChI=1S/C26H43N7O.C3H8/c1-9-22(20(5)27)24(29-18(3)15-33-13-11-12-14-33)17-31(7)16-19(4)34-26-25(23(28)10-2)21(6)30-32(26)8;1-3-2/h9-10,18-19,28H,1-2,11-17,27H2,3-8H3;3H2,1-2H3/b22-20-,28-23?,29-24?;. The zero-order valence-corrected chi connectivity index (χ0v) is 24.6. The molecule has 208 valence electrons. The van der Waals surface area contributed by atoms with Gasteiger partial charge in [-0.05, 0) is 66.7 Å². The maximum atomic E-state index is 8.20. The Morgan fingerprint density at radius 1 is 1.24 bits per heavy atom. The van der Waals surface area contributed by atoms with Gasteiger partial charge in [0.25, 0.3) is 0 Å². The third kappa shape index (κ3) is 10.3. The van der Waals surface area contributed by atoms with E-state index >= 15 is 0 Å². The van der Waals surface area contributed by atoms with Crippen molar-refractivity contribution in [3.8, 4) is 5.88 Å². The van der Waals surface area contributed by atoms with Gasteiger partial charge in [0.1, 0.15) is 6.10 Å². The van der Waals surface area contributed by atoms with E-state index in [2.05, 4.69) is 48.8 Å². The Labute approximate surface area is 225 Å². The molecule has 0 amide bonds. The van der Waals surface area contributed by atoms with Gasteiger partial charge in [-0.2, -0.15) is 5.10 Å². The number of nitrogens with one attached hydrogen (secondary N) is 1. The Hall–Kier alpha value is -2.71. The number of hydrogen-bond acceptors (Lipinski definition) is 7. The molecule has 37 heavy (non-hydrogen) atoms. The van der Waals surface area contributed by atoms with E-state index in [1.54, 1.807) is 10.8 Å². The molecule has 1 aliphatic rings. The second kappa shape index (κ2) is 16.2. The van der Waals surface area contributed by atoms with Gasteiger partial charge in [0, 0.05) is 38.0 Å². The minimum Gasteiger partial charge on any atom is -0.473 e. The summed E-state index contributed by atoms with van der Waals surface area (Å²) in [5.74, 6) is 0.584. The van der Waals surface area contributed by atoms with Crippen molar-refractivity contribution in [1.29, 1.82) is 5.41 Å². The van der Waals surface area contributed by atoms with Gasteiger partial charge in [-0.25, -0.2) is 4.68 Å². The SMILES string of the molecule is C=CC(=N)c1c(C)nn(C)c1OC(C)CN(C)CC(=NC(C)CN1CCCC1)/C(C=C)=C(/C)N.CCC. The van der Waals surface area contributed by atoms with Crippen LogP contribution < -0.4 is 10.5 Å². The van der Waals surface area contributed by atoms with E-state index in [0.29, 0.717) is 30.2 Å². The van der Waals surface area contributed by atoms with E-state index in [1.165, 1.54) is 25.3 Å². The molecule has 2 heterocycles. The number of likely N-dealkylation sites (N-methyl/N-ethyl adjacent to an activating group) is 1. The monoisotopic (exact) mass is 513 g/mol. The molecule has 0 radical (unpaired) electrons. The number of aryl methyl sites for hydroxylation is 2.